The topological polar surface area (TPSA) is 59.4 Å². The minimum absolute atomic E-state index is 0.184. The lowest BCUT2D eigenvalue weighted by atomic mass is 10.0. The van der Waals surface area contributed by atoms with Gasteiger partial charge in [-0.15, -0.1) is 0 Å². The van der Waals surface area contributed by atoms with E-state index in [0.29, 0.717) is 19.3 Å². The lowest BCUT2D eigenvalue weighted by molar-refractivity contribution is -0.129. The monoisotopic (exact) mass is 342 g/mol. The number of nitrogens with one attached hydrogen (secondary N) is 1. The first kappa shape index (κ1) is 16.5. The molecule has 1 aromatic carbocycles. The van der Waals surface area contributed by atoms with E-state index in [4.69, 9.17) is 9.72 Å². The zero-order valence-corrected chi connectivity index (χ0v) is 15.0. The van der Waals surface area contributed by atoms with Crippen LogP contribution in [0.3, 0.4) is 0 Å². The van der Waals surface area contributed by atoms with Crippen molar-refractivity contribution in [1.82, 2.24) is 19.8 Å². The van der Waals surface area contributed by atoms with Gasteiger partial charge < -0.3 is 19.5 Å². The van der Waals surface area contributed by atoms with E-state index in [1.165, 1.54) is 11.1 Å². The molecule has 0 unspecified atom stereocenters. The summed E-state index contributed by atoms with van der Waals surface area (Å²) in [6.07, 6.45) is 2.04. The van der Waals surface area contributed by atoms with Crippen LogP contribution in [0.15, 0.2) is 18.2 Å². The molecular weight excluding hydrogens is 316 g/mol. The number of imidazole rings is 1. The molecule has 1 fully saturated rings. The van der Waals surface area contributed by atoms with Crippen LogP contribution in [0.1, 0.15) is 37.2 Å². The van der Waals surface area contributed by atoms with E-state index < -0.39 is 0 Å². The number of aromatic nitrogens is 2. The molecule has 1 N–H and O–H groups in total. The zero-order valence-electron chi connectivity index (χ0n) is 15.0. The van der Waals surface area contributed by atoms with Crippen LogP contribution in [0.25, 0.3) is 11.0 Å². The van der Waals surface area contributed by atoms with E-state index >= 15 is 0 Å². The summed E-state index contributed by atoms with van der Waals surface area (Å²) in [7, 11) is 0. The van der Waals surface area contributed by atoms with Crippen LogP contribution in [0.5, 0.6) is 0 Å². The Kier molecular flexibility index (Phi) is 4.48. The Morgan fingerprint density at radius 3 is 2.92 bits per heavy atom. The summed E-state index contributed by atoms with van der Waals surface area (Å²) in [5, 5.41) is 3.69. The van der Waals surface area contributed by atoms with Crippen LogP contribution in [0.2, 0.25) is 0 Å². The second-order valence-corrected chi connectivity index (χ2v) is 7.25. The van der Waals surface area contributed by atoms with E-state index in [-0.39, 0.29) is 11.9 Å². The second-order valence-electron chi connectivity index (χ2n) is 7.25. The van der Waals surface area contributed by atoms with Gasteiger partial charge in [0.2, 0.25) is 5.91 Å². The number of hydrogen-bond acceptors (Lipinski definition) is 4. The molecule has 134 valence electrons. The maximum atomic E-state index is 11.4. The number of likely N-dealkylation sites (tertiary alicyclic amines) is 1. The predicted molar refractivity (Wildman–Crippen MR) is 96.4 cm³/mol. The van der Waals surface area contributed by atoms with Crippen molar-refractivity contribution < 1.29 is 9.53 Å². The molecule has 1 amide bonds. The van der Waals surface area contributed by atoms with Crippen LogP contribution in [-0.2, 0) is 16.1 Å². The molecule has 0 bridgehead atoms. The summed E-state index contributed by atoms with van der Waals surface area (Å²) in [6.45, 7) is 7.65. The Balaban J connectivity index is 1.46. The molecule has 3 heterocycles. The highest BCUT2D eigenvalue weighted by Gasteiger charge is 2.26. The molecule has 25 heavy (non-hydrogen) atoms. The maximum Gasteiger partial charge on any atom is 0.219 e. The van der Waals surface area contributed by atoms with Gasteiger partial charge in [0.05, 0.1) is 23.7 Å². The summed E-state index contributed by atoms with van der Waals surface area (Å²) < 4.78 is 8.13. The molecule has 1 saturated heterocycles. The fraction of sp³-hybridized carbons (Fsp3) is 0.579. The lowest BCUT2D eigenvalue weighted by Crippen LogP contribution is -2.46. The molecule has 2 aromatic rings. The van der Waals surface area contributed by atoms with Crippen LogP contribution in [0, 0.1) is 6.92 Å². The summed E-state index contributed by atoms with van der Waals surface area (Å²) in [6, 6.07) is 7.16. The van der Waals surface area contributed by atoms with Gasteiger partial charge in [-0.05, 0) is 37.5 Å². The first-order chi connectivity index (χ1) is 12.1. The molecule has 0 saturated carbocycles. The number of carbonyl (C=O) groups is 1. The van der Waals surface area contributed by atoms with Gasteiger partial charge in [-0.3, -0.25) is 4.79 Å². The van der Waals surface area contributed by atoms with Crippen LogP contribution in [-0.4, -0.2) is 52.6 Å². The highest BCUT2D eigenvalue weighted by Crippen LogP contribution is 2.26. The largest absolute Gasteiger partial charge is 0.371 e. The average molecular weight is 342 g/mol. The number of aryl methyl sites for hydroxylation is 1. The van der Waals surface area contributed by atoms with E-state index in [2.05, 4.69) is 35.0 Å². The van der Waals surface area contributed by atoms with Gasteiger partial charge in [-0.1, -0.05) is 6.07 Å². The number of carbonyl (C=O) groups excluding carboxylic acids is 1. The van der Waals surface area contributed by atoms with E-state index in [1.54, 1.807) is 6.92 Å². The predicted octanol–water partition coefficient (Wildman–Crippen LogP) is 2.02. The summed E-state index contributed by atoms with van der Waals surface area (Å²) >= 11 is 0. The molecule has 0 spiro atoms. The molecule has 1 atom stereocenters. The highest BCUT2D eigenvalue weighted by molar-refractivity contribution is 5.77. The van der Waals surface area contributed by atoms with Gasteiger partial charge in [0.25, 0.3) is 0 Å². The third-order valence-corrected chi connectivity index (χ3v) is 5.41. The normalized spacial score (nSPS) is 21.5. The molecule has 4 rings (SSSR count). The Morgan fingerprint density at radius 1 is 1.36 bits per heavy atom. The van der Waals surface area contributed by atoms with Crippen molar-refractivity contribution in [1.29, 1.82) is 0 Å². The Bertz CT molecular complexity index is 777. The van der Waals surface area contributed by atoms with Crippen molar-refractivity contribution in [3.8, 4) is 0 Å². The SMILES string of the molecule is CC(=O)N1CCC(NC[C@H]2COCc3nc4ccc(C)cc4n32)CC1. The second kappa shape index (κ2) is 6.77. The molecule has 2 aliphatic heterocycles. The molecule has 6 heteroatoms. The maximum absolute atomic E-state index is 11.4. The molecule has 0 radical (unpaired) electrons. The number of nitrogens with zero attached hydrogens (tertiary/aromatic N) is 3. The minimum Gasteiger partial charge on any atom is -0.371 e. The molecular formula is C19H26N4O2. The van der Waals surface area contributed by atoms with E-state index in [9.17, 15) is 4.79 Å². The smallest absolute Gasteiger partial charge is 0.219 e. The average Bonchev–Trinajstić information content (AvgIpc) is 2.98. The molecule has 2 aliphatic rings. The van der Waals surface area contributed by atoms with Crippen molar-refractivity contribution >= 4 is 16.9 Å². The van der Waals surface area contributed by atoms with Gasteiger partial charge >= 0.3 is 0 Å². The minimum atomic E-state index is 0.184. The molecule has 1 aromatic heterocycles. The number of benzene rings is 1. The molecule has 6 nitrogen and oxygen atoms in total. The number of hydrogen-bond donors (Lipinski definition) is 1. The molecule has 0 aliphatic carbocycles. The third-order valence-electron chi connectivity index (χ3n) is 5.41. The third kappa shape index (κ3) is 3.28. The van der Waals surface area contributed by atoms with E-state index in [0.717, 1.165) is 43.8 Å². The van der Waals surface area contributed by atoms with Crippen molar-refractivity contribution in [3.63, 3.8) is 0 Å². The number of fused-ring (bicyclic) bond motifs is 3. The van der Waals surface area contributed by atoms with Gasteiger partial charge in [0, 0.05) is 32.6 Å². The lowest BCUT2D eigenvalue weighted by Gasteiger charge is -2.33. The Hall–Kier alpha value is -1.92. The van der Waals surface area contributed by atoms with Crippen molar-refractivity contribution in [2.45, 2.75) is 45.4 Å². The first-order valence-corrected chi connectivity index (χ1v) is 9.16. The van der Waals surface area contributed by atoms with Crippen molar-refractivity contribution in [2.75, 3.05) is 26.2 Å². The number of amides is 1. The highest BCUT2D eigenvalue weighted by atomic mass is 16.5. The van der Waals surface area contributed by atoms with Crippen LogP contribution in [0.4, 0.5) is 0 Å². The van der Waals surface area contributed by atoms with Crippen molar-refractivity contribution in [3.05, 3.63) is 29.6 Å². The van der Waals surface area contributed by atoms with Crippen molar-refractivity contribution in [2.24, 2.45) is 0 Å². The summed E-state index contributed by atoms with van der Waals surface area (Å²) in [4.78, 5) is 18.1. The Labute approximate surface area is 148 Å². The first-order valence-electron chi connectivity index (χ1n) is 9.16. The van der Waals surface area contributed by atoms with Crippen LogP contribution >= 0.6 is 0 Å². The van der Waals surface area contributed by atoms with Gasteiger partial charge in [0.15, 0.2) is 0 Å². The van der Waals surface area contributed by atoms with Crippen LogP contribution < -0.4 is 5.32 Å². The van der Waals surface area contributed by atoms with Gasteiger partial charge in [-0.2, -0.15) is 0 Å². The quantitative estimate of drug-likeness (QED) is 0.927. The van der Waals surface area contributed by atoms with E-state index in [1.807, 2.05) is 4.90 Å². The standard InChI is InChI=1S/C19H26N4O2/c1-13-3-4-17-18(9-13)23-16(11-25-12-19(23)21-17)10-20-15-5-7-22(8-6-15)14(2)24/h3-4,9,15-16,20H,5-8,10-12H2,1-2H3/t16-/m0/s1. The summed E-state index contributed by atoms with van der Waals surface area (Å²) in [5.74, 6) is 1.20. The zero-order chi connectivity index (χ0) is 17.4. The summed E-state index contributed by atoms with van der Waals surface area (Å²) in [5.41, 5.74) is 3.51. The number of ether oxygens (including phenoxy) is 1. The van der Waals surface area contributed by atoms with Gasteiger partial charge in [-0.25, -0.2) is 4.98 Å². The fourth-order valence-corrected chi connectivity index (χ4v) is 3.97. The Morgan fingerprint density at radius 2 is 2.16 bits per heavy atom. The van der Waals surface area contributed by atoms with Gasteiger partial charge in [0.1, 0.15) is 12.4 Å². The number of rotatable bonds is 3. The number of piperidine rings is 1. The fourth-order valence-electron chi connectivity index (χ4n) is 3.97.